The predicted molar refractivity (Wildman–Crippen MR) is 59.3 cm³/mol. The zero-order chi connectivity index (χ0) is 11.5. The Kier molecular flexibility index (Phi) is 4.16. The smallest absolute Gasteiger partial charge is 0.264 e. The topological polar surface area (TPSA) is 52.0 Å². The predicted octanol–water partition coefficient (Wildman–Crippen LogP) is 2.25. The number of hydrogen-bond donors (Lipinski definition) is 0. The molecule has 0 aliphatic carbocycles. The number of halogens is 1. The van der Waals surface area contributed by atoms with E-state index in [1.165, 1.54) is 12.4 Å². The van der Waals surface area contributed by atoms with Crippen molar-refractivity contribution in [3.05, 3.63) is 12.4 Å². The van der Waals surface area contributed by atoms with Gasteiger partial charge in [-0.25, -0.2) is 8.42 Å². The Hall–Kier alpha value is -0.550. The van der Waals surface area contributed by atoms with Crippen LogP contribution in [0.15, 0.2) is 17.3 Å². The van der Waals surface area contributed by atoms with E-state index in [0.29, 0.717) is 5.92 Å². The van der Waals surface area contributed by atoms with Crippen LogP contribution < -0.4 is 0 Å². The minimum absolute atomic E-state index is 0.0628. The highest BCUT2D eigenvalue weighted by Gasteiger charge is 2.13. The van der Waals surface area contributed by atoms with Gasteiger partial charge in [0, 0.05) is 23.4 Å². The van der Waals surface area contributed by atoms with E-state index in [0.717, 1.165) is 19.4 Å². The molecule has 0 aliphatic rings. The van der Waals surface area contributed by atoms with Crippen molar-refractivity contribution in [2.24, 2.45) is 5.92 Å². The minimum atomic E-state index is -3.64. The van der Waals surface area contributed by atoms with Gasteiger partial charge in [0.25, 0.3) is 9.05 Å². The van der Waals surface area contributed by atoms with Crippen molar-refractivity contribution in [3.63, 3.8) is 0 Å². The second-order valence-electron chi connectivity index (χ2n) is 3.73. The highest BCUT2D eigenvalue weighted by molar-refractivity contribution is 8.13. The first kappa shape index (κ1) is 12.5. The average molecular weight is 251 g/mol. The minimum Gasteiger partial charge on any atom is -0.271 e. The highest BCUT2D eigenvalue weighted by Crippen LogP contribution is 2.14. The van der Waals surface area contributed by atoms with Gasteiger partial charge in [-0.2, -0.15) is 5.10 Å². The molecule has 1 aromatic heterocycles. The zero-order valence-corrected chi connectivity index (χ0v) is 10.4. The van der Waals surface area contributed by atoms with Crippen molar-refractivity contribution in [3.8, 4) is 0 Å². The Bertz CT molecular complexity index is 414. The molecule has 86 valence electrons. The fraction of sp³-hybridized carbons (Fsp3) is 0.667. The number of hydrogen-bond acceptors (Lipinski definition) is 3. The number of aromatic nitrogens is 2. The van der Waals surface area contributed by atoms with Gasteiger partial charge < -0.3 is 0 Å². The fourth-order valence-corrected chi connectivity index (χ4v) is 2.13. The molecule has 4 nitrogen and oxygen atoms in total. The first-order chi connectivity index (χ1) is 6.93. The Morgan fingerprint density at radius 1 is 1.60 bits per heavy atom. The third-order valence-electron chi connectivity index (χ3n) is 2.17. The van der Waals surface area contributed by atoms with Crippen LogP contribution in [0.4, 0.5) is 0 Å². The summed E-state index contributed by atoms with van der Waals surface area (Å²) in [4.78, 5) is 0.0628. The molecular formula is C9H15ClN2O2S. The molecule has 0 N–H and O–H groups in total. The third-order valence-corrected chi connectivity index (χ3v) is 3.48. The second kappa shape index (κ2) is 4.99. The summed E-state index contributed by atoms with van der Waals surface area (Å²) in [7, 11) is 1.55. The SMILES string of the molecule is CCCC(C)Cn1cc(S(=O)(=O)Cl)cn1. The van der Waals surface area contributed by atoms with Crippen LogP contribution in [0, 0.1) is 5.92 Å². The van der Waals surface area contributed by atoms with E-state index in [1.54, 1.807) is 4.68 Å². The lowest BCUT2D eigenvalue weighted by atomic mass is 10.1. The summed E-state index contributed by atoms with van der Waals surface area (Å²) in [5.41, 5.74) is 0. The molecule has 1 heterocycles. The standard InChI is InChI=1S/C9H15ClN2O2S/c1-3-4-8(2)6-12-7-9(5-11-12)15(10,13)14/h5,7-8H,3-4,6H2,1-2H3. The van der Waals surface area contributed by atoms with E-state index in [4.69, 9.17) is 10.7 Å². The molecule has 0 aliphatic heterocycles. The zero-order valence-electron chi connectivity index (χ0n) is 8.85. The normalized spacial score (nSPS) is 14.1. The van der Waals surface area contributed by atoms with E-state index in [1.807, 2.05) is 0 Å². The van der Waals surface area contributed by atoms with Crippen LogP contribution in [-0.2, 0) is 15.6 Å². The van der Waals surface area contributed by atoms with Gasteiger partial charge in [-0.05, 0) is 12.3 Å². The lowest BCUT2D eigenvalue weighted by molar-refractivity contribution is 0.420. The molecule has 1 unspecified atom stereocenters. The van der Waals surface area contributed by atoms with E-state index >= 15 is 0 Å². The molecule has 0 amide bonds. The Morgan fingerprint density at radius 2 is 2.27 bits per heavy atom. The van der Waals surface area contributed by atoms with Crippen molar-refractivity contribution in [2.45, 2.75) is 38.1 Å². The number of nitrogens with zero attached hydrogens (tertiary/aromatic N) is 2. The summed E-state index contributed by atoms with van der Waals surface area (Å²) in [5, 5.41) is 3.96. The van der Waals surface area contributed by atoms with Crippen LogP contribution in [0.5, 0.6) is 0 Å². The van der Waals surface area contributed by atoms with E-state index in [9.17, 15) is 8.42 Å². The van der Waals surface area contributed by atoms with Crippen molar-refractivity contribution in [1.82, 2.24) is 9.78 Å². The summed E-state index contributed by atoms with van der Waals surface area (Å²) in [5.74, 6) is 0.487. The van der Waals surface area contributed by atoms with Crippen LogP contribution in [0.2, 0.25) is 0 Å². The van der Waals surface area contributed by atoms with Crippen LogP contribution in [0.1, 0.15) is 26.7 Å². The molecule has 1 rings (SSSR count). The Morgan fingerprint density at radius 3 is 2.73 bits per heavy atom. The Balaban J connectivity index is 2.69. The molecule has 0 fully saturated rings. The molecule has 0 saturated carbocycles. The van der Waals surface area contributed by atoms with Gasteiger partial charge in [-0.3, -0.25) is 4.68 Å². The average Bonchev–Trinajstić information content (AvgIpc) is 2.52. The molecule has 0 aromatic carbocycles. The number of rotatable bonds is 5. The summed E-state index contributed by atoms with van der Waals surface area (Å²) in [6, 6.07) is 0. The fourth-order valence-electron chi connectivity index (χ4n) is 1.47. The lowest BCUT2D eigenvalue weighted by Crippen LogP contribution is -2.07. The monoisotopic (exact) mass is 250 g/mol. The van der Waals surface area contributed by atoms with Crippen molar-refractivity contribution in [2.75, 3.05) is 0 Å². The first-order valence-electron chi connectivity index (χ1n) is 4.90. The molecule has 0 spiro atoms. The molecule has 15 heavy (non-hydrogen) atoms. The van der Waals surface area contributed by atoms with Gasteiger partial charge in [0.05, 0.1) is 6.20 Å². The maximum absolute atomic E-state index is 11.0. The summed E-state index contributed by atoms with van der Waals surface area (Å²) < 4.78 is 23.6. The molecule has 1 aromatic rings. The van der Waals surface area contributed by atoms with Crippen LogP contribution in [-0.4, -0.2) is 18.2 Å². The molecule has 0 bridgehead atoms. The molecule has 1 atom stereocenters. The maximum Gasteiger partial charge on any atom is 0.264 e. The van der Waals surface area contributed by atoms with Crippen LogP contribution in [0.3, 0.4) is 0 Å². The second-order valence-corrected chi connectivity index (χ2v) is 6.30. The van der Waals surface area contributed by atoms with E-state index in [-0.39, 0.29) is 4.90 Å². The quantitative estimate of drug-likeness (QED) is 0.753. The van der Waals surface area contributed by atoms with Crippen molar-refractivity contribution < 1.29 is 8.42 Å². The maximum atomic E-state index is 11.0. The van der Waals surface area contributed by atoms with Gasteiger partial charge >= 0.3 is 0 Å². The van der Waals surface area contributed by atoms with Crippen molar-refractivity contribution in [1.29, 1.82) is 0 Å². The summed E-state index contributed by atoms with van der Waals surface area (Å²) in [6.45, 7) is 4.95. The van der Waals surface area contributed by atoms with Crippen LogP contribution in [0.25, 0.3) is 0 Å². The van der Waals surface area contributed by atoms with Crippen molar-refractivity contribution >= 4 is 19.7 Å². The molecule has 6 heteroatoms. The lowest BCUT2D eigenvalue weighted by Gasteiger charge is -2.09. The Labute approximate surface area is 94.7 Å². The third kappa shape index (κ3) is 3.83. The molecular weight excluding hydrogens is 236 g/mol. The summed E-state index contributed by atoms with van der Waals surface area (Å²) in [6.07, 6.45) is 4.96. The molecule has 0 saturated heterocycles. The van der Waals surface area contributed by atoms with E-state index < -0.39 is 9.05 Å². The van der Waals surface area contributed by atoms with Gasteiger partial charge in [0.15, 0.2) is 0 Å². The van der Waals surface area contributed by atoms with Gasteiger partial charge in [0.2, 0.25) is 0 Å². The van der Waals surface area contributed by atoms with Gasteiger partial charge in [-0.15, -0.1) is 0 Å². The first-order valence-corrected chi connectivity index (χ1v) is 7.21. The largest absolute Gasteiger partial charge is 0.271 e. The highest BCUT2D eigenvalue weighted by atomic mass is 35.7. The van der Waals surface area contributed by atoms with Crippen LogP contribution >= 0.6 is 10.7 Å². The summed E-state index contributed by atoms with van der Waals surface area (Å²) >= 11 is 0. The van der Waals surface area contributed by atoms with Gasteiger partial charge in [0.1, 0.15) is 4.90 Å². The van der Waals surface area contributed by atoms with E-state index in [2.05, 4.69) is 18.9 Å². The molecule has 0 radical (unpaired) electrons. The van der Waals surface area contributed by atoms with Gasteiger partial charge in [-0.1, -0.05) is 20.3 Å².